The van der Waals surface area contributed by atoms with Gasteiger partial charge in [-0.15, -0.1) is 6.58 Å². The maximum atomic E-state index is 13.7. The topological polar surface area (TPSA) is 228 Å². The molecule has 0 amide bonds. The first-order chi connectivity index (χ1) is 19.7. The summed E-state index contributed by atoms with van der Waals surface area (Å²) in [6.07, 6.45) is 0.111. The quantitative estimate of drug-likeness (QED) is 0.0925. The number of anilines is 2. The van der Waals surface area contributed by atoms with E-state index in [4.69, 9.17) is 25.7 Å². The molecule has 41 heavy (non-hydrogen) atoms. The van der Waals surface area contributed by atoms with E-state index in [1.165, 1.54) is 27.9 Å². The summed E-state index contributed by atoms with van der Waals surface area (Å²) in [4.78, 5) is 24.2. The zero-order chi connectivity index (χ0) is 29.7. The van der Waals surface area contributed by atoms with Gasteiger partial charge in [0.2, 0.25) is 0 Å². The van der Waals surface area contributed by atoms with Crippen molar-refractivity contribution in [2.45, 2.75) is 58.1 Å². The van der Waals surface area contributed by atoms with Gasteiger partial charge in [0.1, 0.15) is 37.9 Å². The summed E-state index contributed by atoms with van der Waals surface area (Å²) in [5.41, 5.74) is 12.8. The third-order valence-electron chi connectivity index (χ3n) is 6.58. The van der Waals surface area contributed by atoms with Crippen molar-refractivity contribution < 1.29 is 33.9 Å². The molecular formula is C24H33FN10O6. The smallest absolute Gasteiger partial charge is 0.320 e. The predicted molar refractivity (Wildman–Crippen MR) is 143 cm³/mol. The molecule has 4 rings (SSSR count). The summed E-state index contributed by atoms with van der Waals surface area (Å²) in [6.45, 7) is 6.22. The van der Waals surface area contributed by atoms with Gasteiger partial charge in [-0.05, 0) is 12.3 Å². The Morgan fingerprint density at radius 1 is 0.951 bits per heavy atom. The molecule has 0 saturated heterocycles. The number of fused-ring (bicyclic) bond motifs is 2. The summed E-state index contributed by atoms with van der Waals surface area (Å²) in [7, 11) is 0. The lowest BCUT2D eigenvalue weighted by Crippen LogP contribution is -2.42. The molecule has 0 fully saturated rings. The molecule has 222 valence electrons. The Morgan fingerprint density at radius 3 is 2.07 bits per heavy atom. The second kappa shape index (κ2) is 13.1. The standard InChI is InChI=1S/C24H33FN10O6/c1-4-12(3)18(15(7-37)40-11-34-8-28-16-19(26)30-23(25)32-21(16)34)41-24-31-20(27)17-22(33-24)35(9-29-17)10-39-14(6-36)13(38)5-2/h5,8-9,12-15,18,36-38H,2,4,6-7,10-11H2,1,3H3,(H2,26,30,32)(H2,27,31,33). The van der Waals surface area contributed by atoms with Crippen LogP contribution in [0.25, 0.3) is 22.3 Å². The van der Waals surface area contributed by atoms with Gasteiger partial charge in [-0.3, -0.25) is 9.13 Å². The summed E-state index contributed by atoms with van der Waals surface area (Å²) in [5.74, 6) is -0.201. The van der Waals surface area contributed by atoms with E-state index in [2.05, 4.69) is 36.5 Å². The zero-order valence-electron chi connectivity index (χ0n) is 22.5. The van der Waals surface area contributed by atoms with Gasteiger partial charge in [0, 0.05) is 0 Å². The van der Waals surface area contributed by atoms with Crippen LogP contribution in [0.2, 0.25) is 0 Å². The zero-order valence-corrected chi connectivity index (χ0v) is 22.5. The number of hydrogen-bond donors (Lipinski definition) is 5. The largest absolute Gasteiger partial charge is 0.457 e. The van der Waals surface area contributed by atoms with E-state index in [9.17, 15) is 19.7 Å². The molecule has 0 bridgehead atoms. The SMILES string of the molecule is C=CC(O)C(CO)OCn1cnc2c(N)nc(OC(C(C)CC)C(CO)OCn3cnc4c(N)nc(F)nc43)nc21. The second-order valence-corrected chi connectivity index (χ2v) is 9.27. The first-order valence-electron chi connectivity index (χ1n) is 12.7. The normalized spacial score (nSPS) is 15.6. The third kappa shape index (κ3) is 6.49. The Kier molecular flexibility index (Phi) is 9.56. The lowest BCUT2D eigenvalue weighted by molar-refractivity contribution is -0.0953. The van der Waals surface area contributed by atoms with Gasteiger partial charge in [-0.25, -0.2) is 9.97 Å². The van der Waals surface area contributed by atoms with Crippen LogP contribution >= 0.6 is 0 Å². The molecule has 16 nitrogen and oxygen atoms in total. The van der Waals surface area contributed by atoms with Crippen LogP contribution < -0.4 is 16.2 Å². The molecule has 4 aromatic heterocycles. The van der Waals surface area contributed by atoms with Crippen molar-refractivity contribution in [3.8, 4) is 6.01 Å². The van der Waals surface area contributed by atoms with Crippen LogP contribution in [0.15, 0.2) is 25.3 Å². The van der Waals surface area contributed by atoms with E-state index < -0.39 is 43.7 Å². The molecule has 0 radical (unpaired) electrons. The molecule has 0 saturated carbocycles. The minimum atomic E-state index is -1.08. The molecular weight excluding hydrogens is 543 g/mol. The van der Waals surface area contributed by atoms with Crippen LogP contribution in [-0.2, 0) is 22.9 Å². The molecule has 0 aromatic carbocycles. The number of imidazole rings is 2. The van der Waals surface area contributed by atoms with Gasteiger partial charge >= 0.3 is 12.1 Å². The van der Waals surface area contributed by atoms with E-state index in [-0.39, 0.29) is 53.8 Å². The molecule has 7 N–H and O–H groups in total. The van der Waals surface area contributed by atoms with Crippen molar-refractivity contribution in [3.63, 3.8) is 0 Å². The van der Waals surface area contributed by atoms with Crippen molar-refractivity contribution in [2.24, 2.45) is 5.92 Å². The minimum Gasteiger partial charge on any atom is -0.457 e. The van der Waals surface area contributed by atoms with Gasteiger partial charge in [0.05, 0.1) is 25.9 Å². The van der Waals surface area contributed by atoms with Crippen molar-refractivity contribution in [3.05, 3.63) is 31.4 Å². The molecule has 17 heteroatoms. The fraction of sp³-hybridized carbons (Fsp3) is 0.500. The Balaban J connectivity index is 1.55. The average molecular weight is 577 g/mol. The number of halogens is 1. The molecule has 0 aliphatic heterocycles. The van der Waals surface area contributed by atoms with Crippen LogP contribution in [0.1, 0.15) is 20.3 Å². The van der Waals surface area contributed by atoms with Gasteiger partial charge in [0.25, 0.3) is 0 Å². The number of nitrogen functional groups attached to an aromatic ring is 2. The number of nitrogens with two attached hydrogens (primary N) is 2. The van der Waals surface area contributed by atoms with E-state index in [0.717, 1.165) is 0 Å². The number of aromatic nitrogens is 8. The van der Waals surface area contributed by atoms with Crippen molar-refractivity contribution in [2.75, 3.05) is 24.7 Å². The fourth-order valence-electron chi connectivity index (χ4n) is 4.05. The number of nitrogens with zero attached hydrogens (tertiary/aromatic N) is 8. The van der Waals surface area contributed by atoms with E-state index >= 15 is 0 Å². The summed E-state index contributed by atoms with van der Waals surface area (Å²) >= 11 is 0. The van der Waals surface area contributed by atoms with Crippen molar-refractivity contribution >= 4 is 34.0 Å². The average Bonchev–Trinajstić information content (AvgIpc) is 3.56. The summed E-state index contributed by atoms with van der Waals surface area (Å²) in [5, 5.41) is 29.6. The van der Waals surface area contributed by atoms with Gasteiger partial charge in [-0.2, -0.15) is 24.3 Å². The highest BCUT2D eigenvalue weighted by molar-refractivity contribution is 5.82. The third-order valence-corrected chi connectivity index (χ3v) is 6.58. The lowest BCUT2D eigenvalue weighted by Gasteiger charge is -2.30. The molecule has 0 spiro atoms. The summed E-state index contributed by atoms with van der Waals surface area (Å²) in [6, 6.07) is -0.0930. The van der Waals surface area contributed by atoms with Crippen LogP contribution in [-0.4, -0.2) is 92.0 Å². The summed E-state index contributed by atoms with van der Waals surface area (Å²) < 4.78 is 34.4. The van der Waals surface area contributed by atoms with Crippen LogP contribution in [0.3, 0.4) is 0 Å². The molecule has 5 atom stereocenters. The Morgan fingerprint density at radius 2 is 1.51 bits per heavy atom. The van der Waals surface area contributed by atoms with Crippen molar-refractivity contribution in [1.29, 1.82) is 0 Å². The minimum absolute atomic E-state index is 0.0436. The Bertz CT molecular complexity index is 1480. The molecule has 0 aliphatic carbocycles. The monoisotopic (exact) mass is 576 g/mol. The molecule has 4 heterocycles. The number of ether oxygens (including phenoxy) is 3. The van der Waals surface area contributed by atoms with Crippen LogP contribution in [0.4, 0.5) is 16.0 Å². The van der Waals surface area contributed by atoms with Crippen molar-refractivity contribution in [1.82, 2.24) is 39.0 Å². The molecule has 5 unspecified atom stereocenters. The number of rotatable bonds is 15. The van der Waals surface area contributed by atoms with E-state index in [1.807, 2.05) is 13.8 Å². The molecule has 4 aromatic rings. The molecule has 0 aliphatic rings. The Labute approximate surface area is 233 Å². The van der Waals surface area contributed by atoms with Gasteiger partial charge < -0.3 is 41.0 Å². The Hall–Kier alpha value is -4.03. The lowest BCUT2D eigenvalue weighted by atomic mass is 9.97. The highest BCUT2D eigenvalue weighted by Gasteiger charge is 2.30. The predicted octanol–water partition coefficient (Wildman–Crippen LogP) is -0.0199. The van der Waals surface area contributed by atoms with E-state index in [0.29, 0.717) is 11.9 Å². The number of aliphatic hydroxyl groups excluding tert-OH is 3. The second-order valence-electron chi connectivity index (χ2n) is 9.27. The van der Waals surface area contributed by atoms with Gasteiger partial charge in [-0.1, -0.05) is 19.9 Å². The first-order valence-corrected chi connectivity index (χ1v) is 12.7. The van der Waals surface area contributed by atoms with Crippen LogP contribution in [0, 0.1) is 12.0 Å². The number of hydrogen-bond acceptors (Lipinski definition) is 14. The fourth-order valence-corrected chi connectivity index (χ4v) is 4.05. The maximum Gasteiger partial charge on any atom is 0.320 e. The van der Waals surface area contributed by atoms with E-state index in [1.54, 1.807) is 0 Å². The van der Waals surface area contributed by atoms with Crippen LogP contribution in [0.5, 0.6) is 6.01 Å². The maximum absolute atomic E-state index is 13.7. The first kappa shape index (κ1) is 29.9. The highest BCUT2D eigenvalue weighted by Crippen LogP contribution is 2.25. The van der Waals surface area contributed by atoms with Gasteiger partial charge in [0.15, 0.2) is 34.0 Å². The highest BCUT2D eigenvalue weighted by atomic mass is 19.1. The number of aliphatic hydroxyl groups is 3.